The van der Waals surface area contributed by atoms with Crippen molar-refractivity contribution in [2.45, 2.75) is 13.8 Å². The molecule has 0 saturated carbocycles. The molecule has 2 aromatic heterocycles. The maximum atomic E-state index is 12.8. The molecular formula is C21H17N3O2. The van der Waals surface area contributed by atoms with Gasteiger partial charge < -0.3 is 9.73 Å². The van der Waals surface area contributed by atoms with E-state index in [2.05, 4.69) is 15.3 Å². The smallest absolute Gasteiger partial charge is 0.277 e. The van der Waals surface area contributed by atoms with Crippen molar-refractivity contribution in [2.75, 3.05) is 5.32 Å². The van der Waals surface area contributed by atoms with Crippen molar-refractivity contribution in [3.05, 3.63) is 77.8 Å². The van der Waals surface area contributed by atoms with Gasteiger partial charge in [-0.3, -0.25) is 9.78 Å². The third-order valence-electron chi connectivity index (χ3n) is 4.25. The summed E-state index contributed by atoms with van der Waals surface area (Å²) in [6, 6.07) is 17.1. The summed E-state index contributed by atoms with van der Waals surface area (Å²) in [5.74, 6) is 0.613. The number of aryl methyl sites for hydroxylation is 2. The highest BCUT2D eigenvalue weighted by Gasteiger charge is 2.19. The minimum absolute atomic E-state index is 0.279. The molecule has 1 N–H and O–H groups in total. The fourth-order valence-electron chi connectivity index (χ4n) is 2.92. The van der Waals surface area contributed by atoms with Crippen LogP contribution in [0.1, 0.15) is 21.8 Å². The fraction of sp³-hybridized carbons (Fsp3) is 0.0952. The molecule has 0 atom stereocenters. The first-order valence-corrected chi connectivity index (χ1v) is 8.32. The van der Waals surface area contributed by atoms with Gasteiger partial charge in [0.2, 0.25) is 5.89 Å². The number of hydrogen-bond donors (Lipinski definition) is 1. The fourth-order valence-corrected chi connectivity index (χ4v) is 2.92. The molecule has 0 fully saturated rings. The Kier molecular flexibility index (Phi) is 3.97. The van der Waals surface area contributed by atoms with Crippen LogP contribution in [0.15, 0.2) is 65.2 Å². The molecule has 0 unspecified atom stereocenters. The minimum Gasteiger partial charge on any atom is -0.441 e. The molecule has 0 aliphatic heterocycles. The molecule has 0 spiro atoms. The van der Waals surface area contributed by atoms with Crippen LogP contribution in [-0.2, 0) is 0 Å². The highest BCUT2D eigenvalue weighted by Crippen LogP contribution is 2.26. The van der Waals surface area contributed by atoms with E-state index in [4.69, 9.17) is 4.42 Å². The predicted molar refractivity (Wildman–Crippen MR) is 101 cm³/mol. The second-order valence-corrected chi connectivity index (χ2v) is 6.07. The number of nitrogens with one attached hydrogen (secondary N) is 1. The van der Waals surface area contributed by atoms with Gasteiger partial charge in [-0.25, -0.2) is 4.98 Å². The first kappa shape index (κ1) is 16.0. The summed E-state index contributed by atoms with van der Waals surface area (Å²) < 4.78 is 5.68. The van der Waals surface area contributed by atoms with Crippen LogP contribution in [0.2, 0.25) is 0 Å². The number of carbonyl (C=O) groups excluding carboxylic acids is 1. The Morgan fingerprint density at radius 3 is 2.62 bits per heavy atom. The van der Waals surface area contributed by atoms with Crippen molar-refractivity contribution in [3.63, 3.8) is 0 Å². The van der Waals surface area contributed by atoms with Gasteiger partial charge in [0, 0.05) is 17.1 Å². The molecule has 5 nitrogen and oxygen atoms in total. The number of amides is 1. The lowest BCUT2D eigenvalue weighted by Crippen LogP contribution is -2.14. The lowest BCUT2D eigenvalue weighted by molar-refractivity contribution is 0.102. The van der Waals surface area contributed by atoms with Crippen LogP contribution >= 0.6 is 0 Å². The first-order valence-electron chi connectivity index (χ1n) is 8.32. The zero-order valence-electron chi connectivity index (χ0n) is 14.5. The Morgan fingerprint density at radius 2 is 1.81 bits per heavy atom. The average molecular weight is 343 g/mol. The summed E-state index contributed by atoms with van der Waals surface area (Å²) in [7, 11) is 0. The van der Waals surface area contributed by atoms with Gasteiger partial charge in [0.05, 0.1) is 11.2 Å². The largest absolute Gasteiger partial charge is 0.441 e. The van der Waals surface area contributed by atoms with E-state index >= 15 is 0 Å². The van der Waals surface area contributed by atoms with E-state index in [1.165, 1.54) is 0 Å². The highest BCUT2D eigenvalue weighted by molar-refractivity contribution is 6.08. The van der Waals surface area contributed by atoms with Crippen molar-refractivity contribution in [1.82, 2.24) is 9.97 Å². The molecule has 0 radical (unpaired) electrons. The molecule has 2 aromatic carbocycles. The Hall–Kier alpha value is -3.47. The van der Waals surface area contributed by atoms with E-state index in [0.29, 0.717) is 17.3 Å². The van der Waals surface area contributed by atoms with E-state index in [1.807, 2.05) is 61.5 Å². The van der Waals surface area contributed by atoms with Gasteiger partial charge in [0.15, 0.2) is 5.69 Å². The Balaban J connectivity index is 1.68. The number of aromatic nitrogens is 2. The van der Waals surface area contributed by atoms with Crippen molar-refractivity contribution in [3.8, 4) is 11.5 Å². The number of carbonyl (C=O) groups is 1. The number of oxazole rings is 1. The lowest BCUT2D eigenvalue weighted by Gasteiger charge is -2.09. The van der Waals surface area contributed by atoms with E-state index in [-0.39, 0.29) is 11.6 Å². The zero-order chi connectivity index (χ0) is 18.1. The zero-order valence-corrected chi connectivity index (χ0v) is 14.5. The van der Waals surface area contributed by atoms with Crippen LogP contribution in [0.5, 0.6) is 0 Å². The molecule has 0 aliphatic carbocycles. The molecule has 0 aliphatic rings. The first-order chi connectivity index (χ1) is 12.6. The summed E-state index contributed by atoms with van der Waals surface area (Å²) in [4.78, 5) is 21.5. The third-order valence-corrected chi connectivity index (χ3v) is 4.25. The molecule has 0 bridgehead atoms. The molecule has 1 amide bonds. The maximum Gasteiger partial charge on any atom is 0.277 e. The van der Waals surface area contributed by atoms with Gasteiger partial charge >= 0.3 is 0 Å². The Labute approximate surface area is 150 Å². The molecule has 128 valence electrons. The molecule has 4 rings (SSSR count). The second kappa shape index (κ2) is 6.44. The van der Waals surface area contributed by atoms with Gasteiger partial charge in [0.1, 0.15) is 5.76 Å². The Morgan fingerprint density at radius 1 is 1.00 bits per heavy atom. The molecule has 4 aromatic rings. The van der Waals surface area contributed by atoms with Crippen molar-refractivity contribution < 1.29 is 9.21 Å². The minimum atomic E-state index is -0.303. The van der Waals surface area contributed by atoms with E-state index in [0.717, 1.165) is 22.0 Å². The Bertz CT molecular complexity index is 1100. The van der Waals surface area contributed by atoms with E-state index in [9.17, 15) is 4.79 Å². The summed E-state index contributed by atoms with van der Waals surface area (Å²) in [6.45, 7) is 3.73. The summed E-state index contributed by atoms with van der Waals surface area (Å²) in [5.41, 5.74) is 3.74. The molecular weight excluding hydrogens is 326 g/mol. The SMILES string of the molecule is Cc1oc(-c2ccccc2)nc1C(=O)Nc1ccc(C)c2ncccc12. The number of fused-ring (bicyclic) bond motifs is 1. The van der Waals surface area contributed by atoms with Crippen molar-refractivity contribution in [1.29, 1.82) is 0 Å². The van der Waals surface area contributed by atoms with Gasteiger partial charge in [0.25, 0.3) is 5.91 Å². The molecule has 26 heavy (non-hydrogen) atoms. The van der Waals surface area contributed by atoms with Crippen LogP contribution in [0, 0.1) is 13.8 Å². The van der Waals surface area contributed by atoms with Gasteiger partial charge in [-0.05, 0) is 49.7 Å². The summed E-state index contributed by atoms with van der Waals surface area (Å²) >= 11 is 0. The third kappa shape index (κ3) is 2.84. The summed E-state index contributed by atoms with van der Waals surface area (Å²) in [5, 5.41) is 3.83. The maximum absolute atomic E-state index is 12.8. The van der Waals surface area contributed by atoms with Crippen LogP contribution in [0.4, 0.5) is 5.69 Å². The number of benzene rings is 2. The van der Waals surface area contributed by atoms with Gasteiger partial charge in [-0.2, -0.15) is 0 Å². The van der Waals surface area contributed by atoms with Crippen LogP contribution < -0.4 is 5.32 Å². The monoisotopic (exact) mass is 343 g/mol. The standard InChI is InChI=1S/C21H17N3O2/c1-13-10-11-17(16-9-6-12-22-18(13)16)23-20(25)19-14(2)26-21(24-19)15-7-4-3-5-8-15/h3-12H,1-2H3,(H,23,25). The molecule has 0 saturated heterocycles. The number of pyridine rings is 1. The normalized spacial score (nSPS) is 10.8. The highest BCUT2D eigenvalue weighted by atomic mass is 16.4. The molecule has 2 heterocycles. The number of rotatable bonds is 3. The predicted octanol–water partition coefficient (Wildman–Crippen LogP) is 4.76. The van der Waals surface area contributed by atoms with Crippen molar-refractivity contribution in [2.24, 2.45) is 0 Å². The van der Waals surface area contributed by atoms with Crippen LogP contribution in [0.25, 0.3) is 22.4 Å². The lowest BCUT2D eigenvalue weighted by atomic mass is 10.1. The van der Waals surface area contributed by atoms with Gasteiger partial charge in [-0.15, -0.1) is 0 Å². The topological polar surface area (TPSA) is 68.0 Å². The average Bonchev–Trinajstić information content (AvgIpc) is 3.07. The van der Waals surface area contributed by atoms with Gasteiger partial charge in [-0.1, -0.05) is 24.3 Å². The number of hydrogen-bond acceptors (Lipinski definition) is 4. The van der Waals surface area contributed by atoms with Crippen LogP contribution in [0.3, 0.4) is 0 Å². The van der Waals surface area contributed by atoms with Crippen molar-refractivity contribution >= 4 is 22.5 Å². The number of nitrogens with zero attached hydrogens (tertiary/aromatic N) is 2. The quantitative estimate of drug-likeness (QED) is 0.582. The van der Waals surface area contributed by atoms with Crippen LogP contribution in [-0.4, -0.2) is 15.9 Å². The van der Waals surface area contributed by atoms with E-state index < -0.39 is 0 Å². The van der Waals surface area contributed by atoms with E-state index in [1.54, 1.807) is 13.1 Å². The number of anilines is 1. The summed E-state index contributed by atoms with van der Waals surface area (Å²) in [6.07, 6.45) is 1.74. The second-order valence-electron chi connectivity index (χ2n) is 6.07. The molecule has 5 heteroatoms.